The summed E-state index contributed by atoms with van der Waals surface area (Å²) in [6.07, 6.45) is 2.63. The molecule has 0 N–H and O–H groups in total. The lowest BCUT2D eigenvalue weighted by Crippen LogP contribution is -1.92. The summed E-state index contributed by atoms with van der Waals surface area (Å²) in [7, 11) is 0. The van der Waals surface area contributed by atoms with E-state index in [0.717, 1.165) is 18.3 Å². The summed E-state index contributed by atoms with van der Waals surface area (Å²) < 4.78 is 0. The fourth-order valence-electron chi connectivity index (χ4n) is 1.31. The van der Waals surface area contributed by atoms with E-state index in [1.165, 1.54) is 5.56 Å². The zero-order valence-corrected chi connectivity index (χ0v) is 8.29. The number of carbonyl (C=O) groups excluding carboxylic acids is 1. The summed E-state index contributed by atoms with van der Waals surface area (Å²) in [6.45, 7) is 4.40. The lowest BCUT2D eigenvalue weighted by Gasteiger charge is -2.08. The normalized spacial score (nSPS) is 12.5. The summed E-state index contributed by atoms with van der Waals surface area (Å²) in [5.74, 6) is 0.616. The number of rotatable bonds is 4. The van der Waals surface area contributed by atoms with Gasteiger partial charge in [-0.25, -0.2) is 0 Å². The molecule has 1 aromatic carbocycles. The molecule has 0 aliphatic heterocycles. The second kappa shape index (κ2) is 4.80. The SMILES string of the molecule is CCC(C)c1ccc(CC=O)cc1. The molecule has 1 rings (SSSR count). The van der Waals surface area contributed by atoms with Gasteiger partial charge < -0.3 is 4.79 Å². The van der Waals surface area contributed by atoms with Crippen molar-refractivity contribution in [3.05, 3.63) is 35.4 Å². The van der Waals surface area contributed by atoms with Crippen LogP contribution in [0.15, 0.2) is 24.3 Å². The largest absolute Gasteiger partial charge is 0.303 e. The molecule has 0 aromatic heterocycles. The van der Waals surface area contributed by atoms with Crippen molar-refractivity contribution in [2.24, 2.45) is 0 Å². The van der Waals surface area contributed by atoms with Gasteiger partial charge in [0.2, 0.25) is 0 Å². The second-order valence-corrected chi connectivity index (χ2v) is 3.42. The van der Waals surface area contributed by atoms with Crippen LogP contribution in [0.4, 0.5) is 0 Å². The summed E-state index contributed by atoms with van der Waals surface area (Å²) in [4.78, 5) is 10.2. The minimum Gasteiger partial charge on any atom is -0.303 e. The van der Waals surface area contributed by atoms with Crippen molar-refractivity contribution in [2.75, 3.05) is 0 Å². The Labute approximate surface area is 79.8 Å². The minimum atomic E-state index is 0.529. The smallest absolute Gasteiger partial charge is 0.124 e. The van der Waals surface area contributed by atoms with E-state index < -0.39 is 0 Å². The molecular formula is C12H16O. The van der Waals surface area contributed by atoms with Gasteiger partial charge in [-0.15, -0.1) is 0 Å². The first kappa shape index (κ1) is 9.97. The Balaban J connectivity index is 2.74. The molecule has 0 aliphatic rings. The van der Waals surface area contributed by atoms with Crippen molar-refractivity contribution in [1.82, 2.24) is 0 Å². The molecule has 1 nitrogen and oxygen atoms in total. The van der Waals surface area contributed by atoms with Crippen LogP contribution in [0.3, 0.4) is 0 Å². The third kappa shape index (κ3) is 2.69. The molecule has 0 saturated heterocycles. The monoisotopic (exact) mass is 176 g/mol. The fourth-order valence-corrected chi connectivity index (χ4v) is 1.31. The van der Waals surface area contributed by atoms with Gasteiger partial charge in [0.25, 0.3) is 0 Å². The van der Waals surface area contributed by atoms with E-state index in [-0.39, 0.29) is 0 Å². The molecule has 0 heterocycles. The van der Waals surface area contributed by atoms with Crippen LogP contribution in [0.25, 0.3) is 0 Å². The quantitative estimate of drug-likeness (QED) is 0.645. The van der Waals surface area contributed by atoms with Gasteiger partial charge in [-0.1, -0.05) is 38.1 Å². The summed E-state index contributed by atoms with van der Waals surface area (Å²) >= 11 is 0. The van der Waals surface area contributed by atoms with E-state index in [4.69, 9.17) is 0 Å². The third-order valence-electron chi connectivity index (χ3n) is 2.48. The molecule has 70 valence electrons. The van der Waals surface area contributed by atoms with Crippen molar-refractivity contribution in [2.45, 2.75) is 32.6 Å². The molecule has 0 saturated carbocycles. The van der Waals surface area contributed by atoms with Gasteiger partial charge >= 0.3 is 0 Å². The predicted molar refractivity (Wildman–Crippen MR) is 54.9 cm³/mol. The van der Waals surface area contributed by atoms with Gasteiger partial charge in [0.15, 0.2) is 0 Å². The van der Waals surface area contributed by atoms with Gasteiger partial charge in [0.05, 0.1) is 0 Å². The Morgan fingerprint density at radius 2 is 1.92 bits per heavy atom. The van der Waals surface area contributed by atoms with Crippen LogP contribution < -0.4 is 0 Å². The molecule has 0 bridgehead atoms. The van der Waals surface area contributed by atoms with E-state index in [0.29, 0.717) is 12.3 Å². The van der Waals surface area contributed by atoms with Crippen molar-refractivity contribution in [3.8, 4) is 0 Å². The standard InChI is InChI=1S/C12H16O/c1-3-10(2)12-6-4-11(5-7-12)8-9-13/h4-7,9-10H,3,8H2,1-2H3. The first-order valence-electron chi connectivity index (χ1n) is 4.80. The first-order chi connectivity index (χ1) is 6.27. The topological polar surface area (TPSA) is 17.1 Å². The van der Waals surface area contributed by atoms with Crippen LogP contribution >= 0.6 is 0 Å². The highest BCUT2D eigenvalue weighted by molar-refractivity contribution is 5.54. The third-order valence-corrected chi connectivity index (χ3v) is 2.48. The van der Waals surface area contributed by atoms with Crippen LogP contribution in [0.1, 0.15) is 37.3 Å². The summed E-state index contributed by atoms with van der Waals surface area (Å²) in [5, 5.41) is 0. The summed E-state index contributed by atoms with van der Waals surface area (Å²) in [5.41, 5.74) is 2.46. The highest BCUT2D eigenvalue weighted by Gasteiger charge is 2.01. The number of aldehydes is 1. The maximum Gasteiger partial charge on any atom is 0.124 e. The summed E-state index contributed by atoms with van der Waals surface area (Å²) in [6, 6.07) is 8.31. The average Bonchev–Trinajstić information content (AvgIpc) is 2.18. The minimum absolute atomic E-state index is 0.529. The second-order valence-electron chi connectivity index (χ2n) is 3.42. The van der Waals surface area contributed by atoms with E-state index in [9.17, 15) is 4.79 Å². The Kier molecular flexibility index (Phi) is 3.69. The number of benzene rings is 1. The highest BCUT2D eigenvalue weighted by atomic mass is 16.1. The molecule has 0 radical (unpaired) electrons. The molecule has 1 unspecified atom stereocenters. The molecule has 13 heavy (non-hydrogen) atoms. The molecular weight excluding hydrogens is 160 g/mol. The predicted octanol–water partition coefficient (Wildman–Crippen LogP) is 2.94. The Morgan fingerprint density at radius 1 is 1.31 bits per heavy atom. The van der Waals surface area contributed by atoms with Crippen LogP contribution in [0.2, 0.25) is 0 Å². The number of hydrogen-bond donors (Lipinski definition) is 0. The van der Waals surface area contributed by atoms with Gasteiger partial charge in [-0.05, 0) is 23.5 Å². The molecule has 0 aliphatic carbocycles. The molecule has 0 spiro atoms. The van der Waals surface area contributed by atoms with Crippen LogP contribution in [-0.2, 0) is 11.2 Å². The van der Waals surface area contributed by atoms with Crippen molar-refractivity contribution >= 4 is 6.29 Å². The molecule has 1 heteroatoms. The molecule has 1 atom stereocenters. The van der Waals surface area contributed by atoms with Gasteiger partial charge in [-0.2, -0.15) is 0 Å². The molecule has 0 amide bonds. The number of hydrogen-bond acceptors (Lipinski definition) is 1. The zero-order chi connectivity index (χ0) is 9.68. The fraction of sp³-hybridized carbons (Fsp3) is 0.417. The van der Waals surface area contributed by atoms with Crippen molar-refractivity contribution in [1.29, 1.82) is 0 Å². The number of carbonyl (C=O) groups is 1. The van der Waals surface area contributed by atoms with E-state index in [2.05, 4.69) is 26.0 Å². The van der Waals surface area contributed by atoms with Crippen LogP contribution in [-0.4, -0.2) is 6.29 Å². The first-order valence-corrected chi connectivity index (χ1v) is 4.80. The Bertz CT molecular complexity index is 261. The Hall–Kier alpha value is -1.11. The lowest BCUT2D eigenvalue weighted by atomic mass is 9.97. The average molecular weight is 176 g/mol. The molecule has 1 aromatic rings. The van der Waals surface area contributed by atoms with Gasteiger partial charge in [-0.3, -0.25) is 0 Å². The van der Waals surface area contributed by atoms with Crippen molar-refractivity contribution in [3.63, 3.8) is 0 Å². The zero-order valence-electron chi connectivity index (χ0n) is 8.29. The highest BCUT2D eigenvalue weighted by Crippen LogP contribution is 2.18. The maximum atomic E-state index is 10.2. The van der Waals surface area contributed by atoms with E-state index >= 15 is 0 Å². The van der Waals surface area contributed by atoms with Gasteiger partial charge in [0, 0.05) is 6.42 Å². The van der Waals surface area contributed by atoms with Crippen molar-refractivity contribution < 1.29 is 4.79 Å². The Morgan fingerprint density at radius 3 is 2.38 bits per heavy atom. The van der Waals surface area contributed by atoms with Crippen LogP contribution in [0.5, 0.6) is 0 Å². The van der Waals surface area contributed by atoms with E-state index in [1.807, 2.05) is 12.1 Å². The maximum absolute atomic E-state index is 10.2. The lowest BCUT2D eigenvalue weighted by molar-refractivity contribution is -0.107. The van der Waals surface area contributed by atoms with Gasteiger partial charge in [0.1, 0.15) is 6.29 Å². The van der Waals surface area contributed by atoms with Crippen LogP contribution in [0, 0.1) is 0 Å². The molecule has 0 fully saturated rings. The van der Waals surface area contributed by atoms with E-state index in [1.54, 1.807) is 0 Å².